The lowest BCUT2D eigenvalue weighted by Gasteiger charge is -2.10. The summed E-state index contributed by atoms with van der Waals surface area (Å²) in [5, 5.41) is 17.2. The zero-order valence-electron chi connectivity index (χ0n) is 8.06. The number of hydrogen-bond donors (Lipinski definition) is 1. The van der Waals surface area contributed by atoms with Crippen molar-refractivity contribution in [2.75, 3.05) is 13.7 Å². The fourth-order valence-corrected chi connectivity index (χ4v) is 1.10. The first kappa shape index (κ1) is 10.9. The van der Waals surface area contributed by atoms with Crippen LogP contribution in [0.1, 0.15) is 10.4 Å². The molecule has 1 rings (SSSR count). The van der Waals surface area contributed by atoms with Gasteiger partial charge in [-0.25, -0.2) is 4.79 Å². The highest BCUT2D eigenvalue weighted by Gasteiger charge is 2.15. The molecule has 0 saturated heterocycles. The quantitative estimate of drug-likeness (QED) is 0.804. The Balaban J connectivity index is 3.15. The predicted molar refractivity (Wildman–Crippen MR) is 51.1 cm³/mol. The van der Waals surface area contributed by atoms with Crippen LogP contribution in [0.2, 0.25) is 0 Å². The molecule has 0 unspecified atom stereocenters. The molecule has 15 heavy (non-hydrogen) atoms. The molecule has 0 spiro atoms. The van der Waals surface area contributed by atoms with Crippen LogP contribution in [0.4, 0.5) is 0 Å². The van der Waals surface area contributed by atoms with Crippen molar-refractivity contribution in [2.24, 2.45) is 0 Å². The summed E-state index contributed by atoms with van der Waals surface area (Å²) in [6.45, 7) is -0.222. The van der Waals surface area contributed by atoms with Gasteiger partial charge in [0, 0.05) is 0 Å². The third kappa shape index (κ3) is 2.38. The van der Waals surface area contributed by atoms with Crippen LogP contribution in [-0.4, -0.2) is 24.8 Å². The number of benzene rings is 1. The van der Waals surface area contributed by atoms with E-state index in [1.807, 2.05) is 0 Å². The van der Waals surface area contributed by atoms with Gasteiger partial charge in [0.15, 0.2) is 18.1 Å². The number of hydrogen-bond acceptors (Lipinski definition) is 4. The van der Waals surface area contributed by atoms with Crippen molar-refractivity contribution in [3.05, 3.63) is 23.8 Å². The van der Waals surface area contributed by atoms with Gasteiger partial charge in [-0.1, -0.05) is 6.07 Å². The van der Waals surface area contributed by atoms with Crippen LogP contribution in [0.3, 0.4) is 0 Å². The summed E-state index contributed by atoms with van der Waals surface area (Å²) in [6, 6.07) is 6.26. The van der Waals surface area contributed by atoms with E-state index < -0.39 is 5.97 Å². The Labute approximate surface area is 86.5 Å². The normalized spacial score (nSPS) is 9.07. The zero-order valence-corrected chi connectivity index (χ0v) is 8.06. The van der Waals surface area contributed by atoms with E-state index in [0.29, 0.717) is 5.75 Å². The number of methoxy groups -OCH3 is 1. The van der Waals surface area contributed by atoms with Gasteiger partial charge in [0.25, 0.3) is 0 Å². The van der Waals surface area contributed by atoms with Crippen LogP contribution < -0.4 is 9.47 Å². The van der Waals surface area contributed by atoms with Gasteiger partial charge < -0.3 is 14.6 Å². The number of carboxylic acids is 1. The van der Waals surface area contributed by atoms with Crippen LogP contribution in [0.5, 0.6) is 11.5 Å². The second-order valence-corrected chi connectivity index (χ2v) is 2.59. The van der Waals surface area contributed by atoms with E-state index >= 15 is 0 Å². The van der Waals surface area contributed by atoms with E-state index in [1.54, 1.807) is 18.2 Å². The first-order valence-corrected chi connectivity index (χ1v) is 4.10. The van der Waals surface area contributed by atoms with E-state index in [-0.39, 0.29) is 17.9 Å². The fraction of sp³-hybridized carbons (Fsp3) is 0.200. The lowest BCUT2D eigenvalue weighted by atomic mass is 10.2. The predicted octanol–water partition coefficient (Wildman–Crippen LogP) is 1.30. The molecule has 0 aromatic heterocycles. The third-order valence-corrected chi connectivity index (χ3v) is 1.71. The average molecular weight is 207 g/mol. The topological polar surface area (TPSA) is 79.6 Å². The molecule has 0 radical (unpaired) electrons. The van der Waals surface area contributed by atoms with Crippen LogP contribution in [-0.2, 0) is 0 Å². The molecule has 0 aliphatic heterocycles. The summed E-state index contributed by atoms with van der Waals surface area (Å²) in [7, 11) is 1.40. The average Bonchev–Trinajstić information content (AvgIpc) is 2.25. The highest BCUT2D eigenvalue weighted by Crippen LogP contribution is 2.30. The van der Waals surface area contributed by atoms with E-state index in [1.165, 1.54) is 13.2 Å². The second kappa shape index (κ2) is 4.86. The SMILES string of the molecule is COc1cccc(C(=O)O)c1OCC#N. The number of nitriles is 1. The molecule has 5 heteroatoms. The highest BCUT2D eigenvalue weighted by atomic mass is 16.5. The van der Waals surface area contributed by atoms with Crippen molar-refractivity contribution in [1.82, 2.24) is 0 Å². The number of aromatic carboxylic acids is 1. The van der Waals surface area contributed by atoms with Crippen molar-refractivity contribution in [3.63, 3.8) is 0 Å². The first-order chi connectivity index (χ1) is 7.20. The second-order valence-electron chi connectivity index (χ2n) is 2.59. The van der Waals surface area contributed by atoms with E-state index in [4.69, 9.17) is 19.8 Å². The summed E-state index contributed by atoms with van der Waals surface area (Å²) >= 11 is 0. The van der Waals surface area contributed by atoms with Gasteiger partial charge in [-0.05, 0) is 12.1 Å². The Morgan fingerprint density at radius 1 is 1.60 bits per heavy atom. The third-order valence-electron chi connectivity index (χ3n) is 1.71. The van der Waals surface area contributed by atoms with Crippen molar-refractivity contribution in [2.45, 2.75) is 0 Å². The molecule has 1 aromatic carbocycles. The van der Waals surface area contributed by atoms with Crippen molar-refractivity contribution in [3.8, 4) is 17.6 Å². The van der Waals surface area contributed by atoms with Crippen molar-refractivity contribution < 1.29 is 19.4 Å². The molecule has 78 valence electrons. The fourth-order valence-electron chi connectivity index (χ4n) is 1.10. The highest BCUT2D eigenvalue weighted by molar-refractivity contribution is 5.92. The van der Waals surface area contributed by atoms with Gasteiger partial charge in [-0.15, -0.1) is 0 Å². The summed E-state index contributed by atoms with van der Waals surface area (Å²) in [4.78, 5) is 10.8. The van der Waals surface area contributed by atoms with Gasteiger partial charge in [0.05, 0.1) is 7.11 Å². The molecular weight excluding hydrogens is 198 g/mol. The van der Waals surface area contributed by atoms with Crippen LogP contribution in [0, 0.1) is 11.3 Å². The summed E-state index contributed by atoms with van der Waals surface area (Å²) in [5.41, 5.74) is -0.0235. The Bertz CT molecular complexity index is 408. The van der Waals surface area contributed by atoms with Gasteiger partial charge >= 0.3 is 5.97 Å². The van der Waals surface area contributed by atoms with E-state index in [2.05, 4.69) is 0 Å². The van der Waals surface area contributed by atoms with Crippen LogP contribution >= 0.6 is 0 Å². The first-order valence-electron chi connectivity index (χ1n) is 4.10. The minimum atomic E-state index is -1.12. The van der Waals surface area contributed by atoms with Crippen LogP contribution in [0.25, 0.3) is 0 Å². The van der Waals surface area contributed by atoms with Gasteiger partial charge in [-0.2, -0.15) is 5.26 Å². The minimum absolute atomic E-state index is 0.0235. The van der Waals surface area contributed by atoms with E-state index in [0.717, 1.165) is 0 Å². The Morgan fingerprint density at radius 3 is 2.87 bits per heavy atom. The van der Waals surface area contributed by atoms with Crippen molar-refractivity contribution in [1.29, 1.82) is 5.26 Å². The molecule has 0 atom stereocenters. The molecule has 0 amide bonds. The molecule has 0 aliphatic rings. The van der Waals surface area contributed by atoms with Gasteiger partial charge in [-0.3, -0.25) is 0 Å². The summed E-state index contributed by atoms with van der Waals surface area (Å²) < 4.78 is 9.94. The molecule has 1 aromatic rings. The molecule has 0 saturated carbocycles. The van der Waals surface area contributed by atoms with Gasteiger partial charge in [0.2, 0.25) is 0 Å². The Morgan fingerprint density at radius 2 is 2.33 bits per heavy atom. The Kier molecular flexibility index (Phi) is 3.52. The molecule has 1 N–H and O–H groups in total. The lowest BCUT2D eigenvalue weighted by molar-refractivity contribution is 0.0692. The number of rotatable bonds is 4. The Hall–Kier alpha value is -2.22. The zero-order chi connectivity index (χ0) is 11.3. The number of carboxylic acid groups (broad SMARTS) is 1. The molecular formula is C10H9NO4. The molecule has 0 bridgehead atoms. The minimum Gasteiger partial charge on any atom is -0.493 e. The standard InChI is InChI=1S/C10H9NO4/c1-14-8-4-2-3-7(10(12)13)9(8)15-6-5-11/h2-4H,6H2,1H3,(H,12,13). The number of carbonyl (C=O) groups is 1. The van der Waals surface area contributed by atoms with Crippen molar-refractivity contribution >= 4 is 5.97 Å². The molecule has 0 heterocycles. The maximum Gasteiger partial charge on any atom is 0.339 e. The monoisotopic (exact) mass is 207 g/mol. The summed E-state index contributed by atoms with van der Waals surface area (Å²) in [6.07, 6.45) is 0. The maximum atomic E-state index is 10.8. The van der Waals surface area contributed by atoms with E-state index in [9.17, 15) is 4.79 Å². The smallest absolute Gasteiger partial charge is 0.339 e. The number of ether oxygens (including phenoxy) is 2. The number of para-hydroxylation sites is 1. The molecule has 0 aliphatic carbocycles. The lowest BCUT2D eigenvalue weighted by Crippen LogP contribution is -2.05. The molecule has 5 nitrogen and oxygen atoms in total. The van der Waals surface area contributed by atoms with Crippen LogP contribution in [0.15, 0.2) is 18.2 Å². The maximum absolute atomic E-state index is 10.8. The van der Waals surface area contributed by atoms with Gasteiger partial charge in [0.1, 0.15) is 11.6 Å². The number of nitrogens with zero attached hydrogens (tertiary/aromatic N) is 1. The largest absolute Gasteiger partial charge is 0.493 e. The molecule has 0 fully saturated rings. The summed E-state index contributed by atoms with van der Waals surface area (Å²) in [5.74, 6) is -0.749.